The fourth-order valence-electron chi connectivity index (χ4n) is 4.26. The van der Waals surface area contributed by atoms with Gasteiger partial charge in [0.2, 0.25) is 0 Å². The summed E-state index contributed by atoms with van der Waals surface area (Å²) in [6.07, 6.45) is 10.5. The molecule has 1 aliphatic rings. The van der Waals surface area contributed by atoms with Crippen LogP contribution in [-0.4, -0.2) is 37.0 Å². The molecule has 7 nitrogen and oxygen atoms in total. The average Bonchev–Trinajstić information content (AvgIpc) is 3.17. The molecule has 0 aliphatic carbocycles. The molecule has 0 aromatic heterocycles. The molecular formula is C30H37NO6. The molecule has 2 aromatic carbocycles. The van der Waals surface area contributed by atoms with E-state index in [-0.39, 0.29) is 16.7 Å². The highest BCUT2D eigenvalue weighted by Crippen LogP contribution is 2.29. The van der Waals surface area contributed by atoms with Gasteiger partial charge in [0.15, 0.2) is 0 Å². The van der Waals surface area contributed by atoms with Crippen LogP contribution in [0.3, 0.4) is 0 Å². The van der Waals surface area contributed by atoms with Crippen molar-refractivity contribution in [2.75, 3.05) is 18.1 Å². The smallest absolute Gasteiger partial charge is 0.338 e. The maximum absolute atomic E-state index is 13.1. The van der Waals surface area contributed by atoms with Gasteiger partial charge in [-0.2, -0.15) is 0 Å². The second-order valence-electron chi connectivity index (χ2n) is 9.35. The van der Waals surface area contributed by atoms with E-state index >= 15 is 0 Å². The number of anilines is 1. The van der Waals surface area contributed by atoms with Gasteiger partial charge >= 0.3 is 11.9 Å². The average molecular weight is 508 g/mol. The standard InChI is InChI=1S/C30H37NO6/c1-3-5-7-9-11-19-36-29(34)22-13-16-24(17-14-22)31-27(32)25-18-15-23(21-26(25)28(31)33)30(35)37-20-12-10-8-6-4-2/h13-18,21H,3-12,19-20H2,1-2H3. The minimum absolute atomic E-state index is 0.161. The molecule has 0 fully saturated rings. The summed E-state index contributed by atoms with van der Waals surface area (Å²) in [6.45, 7) is 4.99. The van der Waals surface area contributed by atoms with Gasteiger partial charge in [0.25, 0.3) is 11.8 Å². The number of carbonyl (C=O) groups excluding carboxylic acids is 4. The van der Waals surface area contributed by atoms with Gasteiger partial charge < -0.3 is 9.47 Å². The van der Waals surface area contributed by atoms with Gasteiger partial charge in [0.05, 0.1) is 41.2 Å². The van der Waals surface area contributed by atoms with Crippen molar-refractivity contribution in [1.82, 2.24) is 0 Å². The molecule has 7 heteroatoms. The second-order valence-corrected chi connectivity index (χ2v) is 9.35. The van der Waals surface area contributed by atoms with Gasteiger partial charge in [-0.15, -0.1) is 0 Å². The minimum Gasteiger partial charge on any atom is -0.462 e. The predicted molar refractivity (Wildman–Crippen MR) is 142 cm³/mol. The van der Waals surface area contributed by atoms with Gasteiger partial charge in [-0.25, -0.2) is 14.5 Å². The summed E-state index contributed by atoms with van der Waals surface area (Å²) in [5, 5.41) is 0. The number of ether oxygens (including phenoxy) is 2. The number of rotatable bonds is 15. The zero-order chi connectivity index (χ0) is 26.6. The number of fused-ring (bicyclic) bond motifs is 1. The highest BCUT2D eigenvalue weighted by atomic mass is 16.5. The van der Waals surface area contributed by atoms with Gasteiger partial charge in [-0.1, -0.05) is 65.2 Å². The van der Waals surface area contributed by atoms with Crippen molar-refractivity contribution in [3.05, 3.63) is 64.7 Å². The zero-order valence-corrected chi connectivity index (χ0v) is 21.9. The number of carbonyl (C=O) groups is 4. The molecule has 3 rings (SSSR count). The number of amides is 2. The first kappa shape index (κ1) is 28.1. The van der Waals surface area contributed by atoms with E-state index in [0.717, 1.165) is 62.7 Å². The van der Waals surface area contributed by atoms with Crippen LogP contribution in [0.5, 0.6) is 0 Å². The lowest BCUT2D eigenvalue weighted by atomic mass is 10.1. The quantitative estimate of drug-likeness (QED) is 0.151. The highest BCUT2D eigenvalue weighted by molar-refractivity contribution is 6.34. The van der Waals surface area contributed by atoms with Crippen molar-refractivity contribution < 1.29 is 28.7 Å². The van der Waals surface area contributed by atoms with Crippen molar-refractivity contribution in [1.29, 1.82) is 0 Å². The molecule has 0 saturated heterocycles. The molecule has 0 spiro atoms. The van der Waals surface area contributed by atoms with Gasteiger partial charge in [-0.3, -0.25) is 9.59 Å². The zero-order valence-electron chi connectivity index (χ0n) is 21.9. The molecule has 2 amide bonds. The normalized spacial score (nSPS) is 12.5. The molecule has 0 radical (unpaired) electrons. The van der Waals surface area contributed by atoms with Crippen molar-refractivity contribution >= 4 is 29.4 Å². The van der Waals surface area contributed by atoms with Crippen LogP contribution in [0.25, 0.3) is 0 Å². The molecule has 0 atom stereocenters. The van der Waals surface area contributed by atoms with Crippen molar-refractivity contribution in [3.63, 3.8) is 0 Å². The van der Waals surface area contributed by atoms with Gasteiger partial charge in [-0.05, 0) is 55.3 Å². The van der Waals surface area contributed by atoms with Crippen LogP contribution in [0.1, 0.15) is 119 Å². The molecule has 37 heavy (non-hydrogen) atoms. The summed E-state index contributed by atoms with van der Waals surface area (Å²) < 4.78 is 10.7. The molecule has 0 saturated carbocycles. The lowest BCUT2D eigenvalue weighted by Gasteiger charge is -2.14. The first-order chi connectivity index (χ1) is 18.0. The summed E-state index contributed by atoms with van der Waals surface area (Å²) in [5.74, 6) is -1.93. The maximum atomic E-state index is 13.1. The first-order valence-electron chi connectivity index (χ1n) is 13.4. The minimum atomic E-state index is -0.517. The largest absolute Gasteiger partial charge is 0.462 e. The molecule has 0 bridgehead atoms. The molecule has 0 N–H and O–H groups in total. The molecular weight excluding hydrogens is 470 g/mol. The van der Waals surface area contributed by atoms with E-state index < -0.39 is 23.8 Å². The van der Waals surface area contributed by atoms with Crippen molar-refractivity contribution in [2.24, 2.45) is 0 Å². The van der Waals surface area contributed by atoms with Crippen LogP contribution in [0.15, 0.2) is 42.5 Å². The van der Waals surface area contributed by atoms with E-state index in [9.17, 15) is 19.2 Å². The molecule has 1 aliphatic heterocycles. The fourth-order valence-corrected chi connectivity index (χ4v) is 4.26. The van der Waals surface area contributed by atoms with Crippen LogP contribution in [0.4, 0.5) is 5.69 Å². The van der Waals surface area contributed by atoms with E-state index in [1.165, 1.54) is 24.6 Å². The number of hydrogen-bond acceptors (Lipinski definition) is 6. The van der Waals surface area contributed by atoms with Crippen LogP contribution >= 0.6 is 0 Å². The Morgan fingerprint density at radius 3 is 1.68 bits per heavy atom. The third-order valence-electron chi connectivity index (χ3n) is 6.45. The lowest BCUT2D eigenvalue weighted by molar-refractivity contribution is 0.0488. The summed E-state index contributed by atoms with van der Waals surface area (Å²) in [4.78, 5) is 51.8. The van der Waals surface area contributed by atoms with Crippen LogP contribution in [0.2, 0.25) is 0 Å². The van der Waals surface area contributed by atoms with Gasteiger partial charge in [0, 0.05) is 0 Å². The number of hydrogen-bond donors (Lipinski definition) is 0. The summed E-state index contributed by atoms with van der Waals surface area (Å²) in [5.41, 5.74) is 1.33. The number of esters is 2. The van der Waals surface area contributed by atoms with Crippen LogP contribution in [-0.2, 0) is 9.47 Å². The maximum Gasteiger partial charge on any atom is 0.338 e. The third kappa shape index (κ3) is 7.51. The number of imide groups is 1. The van der Waals surface area contributed by atoms with Crippen molar-refractivity contribution in [2.45, 2.75) is 78.1 Å². The SMILES string of the molecule is CCCCCCCOC(=O)c1ccc(N2C(=O)c3ccc(C(=O)OCCCCCCC)cc3C2=O)cc1. The third-order valence-corrected chi connectivity index (χ3v) is 6.45. The summed E-state index contributed by atoms with van der Waals surface area (Å²) in [6, 6.07) is 10.6. The molecule has 2 aromatic rings. The van der Waals surface area contributed by atoms with Crippen molar-refractivity contribution in [3.8, 4) is 0 Å². The molecule has 198 valence electrons. The van der Waals surface area contributed by atoms with Gasteiger partial charge in [0.1, 0.15) is 0 Å². The Morgan fingerprint density at radius 2 is 1.11 bits per heavy atom. The first-order valence-corrected chi connectivity index (χ1v) is 13.4. The molecule has 0 unspecified atom stereocenters. The Balaban J connectivity index is 1.58. The number of unbranched alkanes of at least 4 members (excludes halogenated alkanes) is 8. The molecule has 1 heterocycles. The van der Waals surface area contributed by atoms with E-state index in [2.05, 4.69) is 13.8 Å². The summed E-state index contributed by atoms with van der Waals surface area (Å²) >= 11 is 0. The van der Waals surface area contributed by atoms with E-state index in [1.54, 1.807) is 24.3 Å². The van der Waals surface area contributed by atoms with E-state index in [0.29, 0.717) is 24.5 Å². The number of nitrogens with zero attached hydrogens (tertiary/aromatic N) is 1. The highest BCUT2D eigenvalue weighted by Gasteiger charge is 2.37. The van der Waals surface area contributed by atoms with Crippen LogP contribution in [0, 0.1) is 0 Å². The van der Waals surface area contributed by atoms with E-state index in [1.807, 2.05) is 0 Å². The Kier molecular flexibility index (Phi) is 10.9. The van der Waals surface area contributed by atoms with E-state index in [4.69, 9.17) is 9.47 Å². The lowest BCUT2D eigenvalue weighted by Crippen LogP contribution is -2.29. The Hall–Kier alpha value is -3.48. The number of benzene rings is 2. The monoisotopic (exact) mass is 507 g/mol. The van der Waals surface area contributed by atoms with Crippen LogP contribution < -0.4 is 4.90 Å². The Bertz CT molecular complexity index is 1090. The fraction of sp³-hybridized carbons (Fsp3) is 0.467. The topological polar surface area (TPSA) is 90.0 Å². The predicted octanol–water partition coefficient (Wildman–Crippen LogP) is 6.74. The second kappa shape index (κ2) is 14.3. The Labute approximate surface area is 219 Å². The summed E-state index contributed by atoms with van der Waals surface area (Å²) in [7, 11) is 0. The Morgan fingerprint density at radius 1 is 0.622 bits per heavy atom.